The van der Waals surface area contributed by atoms with Crippen LogP contribution in [0.1, 0.15) is 41.4 Å². The van der Waals surface area contributed by atoms with Crippen molar-refractivity contribution in [3.63, 3.8) is 0 Å². The lowest BCUT2D eigenvalue weighted by atomic mass is 9.95. The summed E-state index contributed by atoms with van der Waals surface area (Å²) in [5.74, 6) is -4.36. The van der Waals surface area contributed by atoms with Gasteiger partial charge in [0.1, 0.15) is 11.5 Å². The first-order chi connectivity index (χ1) is 18.1. The predicted octanol–water partition coefficient (Wildman–Crippen LogP) is 4.67. The fourth-order valence-electron chi connectivity index (χ4n) is 3.76. The van der Waals surface area contributed by atoms with Gasteiger partial charge in [0, 0.05) is 23.5 Å². The molecule has 4 aromatic rings. The lowest BCUT2D eigenvalue weighted by molar-refractivity contribution is 0.0683. The third kappa shape index (κ3) is 5.60. The van der Waals surface area contributed by atoms with Crippen molar-refractivity contribution in [1.82, 2.24) is 0 Å². The van der Waals surface area contributed by atoms with Crippen LogP contribution in [0.5, 0.6) is 11.5 Å². The Hall–Kier alpha value is -5.64. The number of carbonyl (C=O) groups is 4. The van der Waals surface area contributed by atoms with Gasteiger partial charge in [-0.3, -0.25) is 9.59 Å². The van der Waals surface area contributed by atoms with E-state index in [9.17, 15) is 39.6 Å². The van der Waals surface area contributed by atoms with Gasteiger partial charge in [0.15, 0.2) is 0 Å². The number of aromatic carboxylic acids is 2. The summed E-state index contributed by atoms with van der Waals surface area (Å²) >= 11 is 0. The summed E-state index contributed by atoms with van der Waals surface area (Å²) in [4.78, 5) is 49.4. The molecule has 10 nitrogen and oxygen atoms in total. The first-order valence-electron chi connectivity index (χ1n) is 11.1. The van der Waals surface area contributed by atoms with Crippen molar-refractivity contribution in [2.45, 2.75) is 0 Å². The number of phenols is 2. The zero-order valence-electron chi connectivity index (χ0n) is 19.5. The molecule has 0 bridgehead atoms. The molecule has 0 heterocycles. The van der Waals surface area contributed by atoms with Crippen molar-refractivity contribution < 1.29 is 39.6 Å². The third-order valence-corrected chi connectivity index (χ3v) is 5.53. The van der Waals surface area contributed by atoms with Crippen LogP contribution >= 0.6 is 0 Å². The molecule has 0 radical (unpaired) electrons. The van der Waals surface area contributed by atoms with Gasteiger partial charge in [0.25, 0.3) is 11.8 Å². The number of aromatic hydroxyl groups is 2. The average molecular weight is 512 g/mol. The molecule has 0 atom stereocenters. The molecule has 0 saturated carbocycles. The summed E-state index contributed by atoms with van der Waals surface area (Å²) < 4.78 is 0. The Kier molecular flexibility index (Phi) is 7.06. The molecule has 10 heteroatoms. The molecule has 0 aliphatic carbocycles. The third-order valence-electron chi connectivity index (χ3n) is 5.53. The molecule has 0 saturated heterocycles. The molecule has 0 spiro atoms. The van der Waals surface area contributed by atoms with Crippen molar-refractivity contribution in [1.29, 1.82) is 0 Å². The smallest absolute Gasteiger partial charge is 0.336 e. The van der Waals surface area contributed by atoms with Crippen LogP contribution in [0.4, 0.5) is 11.4 Å². The molecule has 38 heavy (non-hydrogen) atoms. The van der Waals surface area contributed by atoms with Gasteiger partial charge in [-0.1, -0.05) is 24.3 Å². The summed E-state index contributed by atoms with van der Waals surface area (Å²) in [6, 6.07) is 19.4. The number of carboxylic acids is 2. The van der Waals surface area contributed by atoms with Crippen LogP contribution in [0.25, 0.3) is 11.1 Å². The van der Waals surface area contributed by atoms with Gasteiger partial charge in [-0.05, 0) is 59.7 Å². The zero-order valence-corrected chi connectivity index (χ0v) is 19.5. The molecule has 4 aromatic carbocycles. The first-order valence-corrected chi connectivity index (χ1v) is 11.1. The number of carboxylic acid groups (broad SMARTS) is 2. The van der Waals surface area contributed by atoms with Crippen LogP contribution in [-0.2, 0) is 0 Å². The molecule has 190 valence electrons. The molecule has 0 aromatic heterocycles. The molecular weight excluding hydrogens is 492 g/mol. The van der Waals surface area contributed by atoms with E-state index in [2.05, 4.69) is 10.6 Å². The molecule has 0 unspecified atom stereocenters. The number of hydrogen-bond acceptors (Lipinski definition) is 6. The average Bonchev–Trinajstić information content (AvgIpc) is 2.88. The Labute approximate surface area is 215 Å². The van der Waals surface area contributed by atoms with Crippen LogP contribution in [-0.4, -0.2) is 44.2 Å². The van der Waals surface area contributed by atoms with E-state index in [0.717, 1.165) is 0 Å². The van der Waals surface area contributed by atoms with Gasteiger partial charge in [0.2, 0.25) is 0 Å². The van der Waals surface area contributed by atoms with E-state index in [1.165, 1.54) is 84.9 Å². The molecule has 6 N–H and O–H groups in total. The fourth-order valence-corrected chi connectivity index (χ4v) is 3.76. The number of phenolic OH excluding ortho intramolecular Hbond substituents is 2. The van der Waals surface area contributed by atoms with Crippen LogP contribution in [0, 0.1) is 0 Å². The van der Waals surface area contributed by atoms with Crippen molar-refractivity contribution in [3.05, 3.63) is 107 Å². The highest BCUT2D eigenvalue weighted by molar-refractivity contribution is 6.13. The van der Waals surface area contributed by atoms with Crippen LogP contribution in [0.2, 0.25) is 0 Å². The molecule has 0 aliphatic heterocycles. The monoisotopic (exact) mass is 512 g/mol. The van der Waals surface area contributed by atoms with Crippen LogP contribution < -0.4 is 10.6 Å². The standard InChI is InChI=1S/C28H20N2O8/c31-19-5-1-3-17(13-19)29-25(33)21-9-7-16(12-24(21)28(37)38)15-8-10-22(27(35)36)23(11-15)26(34)30-18-4-2-6-20(32)14-18/h1-14,31-32H,(H,29,33)(H,30,34)(H,35,36)(H,37,38). The summed E-state index contributed by atoms with van der Waals surface area (Å²) in [5, 5.41) is 43.6. The molecule has 4 rings (SSSR count). The van der Waals surface area contributed by atoms with E-state index in [1.54, 1.807) is 0 Å². The molecular formula is C28H20N2O8. The van der Waals surface area contributed by atoms with Crippen molar-refractivity contribution in [3.8, 4) is 22.6 Å². The SMILES string of the molecule is O=C(O)c1cc(-c2ccc(C(=O)O)c(C(=O)Nc3cccc(O)c3)c2)ccc1C(=O)Nc1cccc(O)c1. The second kappa shape index (κ2) is 10.5. The number of amides is 2. The van der Waals surface area contributed by atoms with Crippen molar-refractivity contribution in [2.24, 2.45) is 0 Å². The quantitative estimate of drug-likeness (QED) is 0.207. The van der Waals surface area contributed by atoms with Crippen LogP contribution in [0.15, 0.2) is 84.9 Å². The Balaban J connectivity index is 1.70. The molecule has 2 amide bonds. The number of rotatable bonds is 7. The predicted molar refractivity (Wildman–Crippen MR) is 138 cm³/mol. The Morgan fingerprint density at radius 3 is 1.42 bits per heavy atom. The van der Waals surface area contributed by atoms with E-state index in [0.29, 0.717) is 11.1 Å². The second-order valence-electron chi connectivity index (χ2n) is 8.14. The minimum atomic E-state index is -1.38. The maximum Gasteiger partial charge on any atom is 0.336 e. The maximum absolute atomic E-state index is 12.9. The van der Waals surface area contributed by atoms with Crippen molar-refractivity contribution >= 4 is 35.1 Å². The summed E-state index contributed by atoms with van der Waals surface area (Å²) in [6.45, 7) is 0. The van der Waals surface area contributed by atoms with Gasteiger partial charge in [0.05, 0.1) is 22.3 Å². The maximum atomic E-state index is 12.9. The topological polar surface area (TPSA) is 173 Å². The highest BCUT2D eigenvalue weighted by Gasteiger charge is 2.21. The summed E-state index contributed by atoms with van der Waals surface area (Å²) in [5.41, 5.74) is 0.210. The summed E-state index contributed by atoms with van der Waals surface area (Å²) in [6.07, 6.45) is 0. The van der Waals surface area contributed by atoms with E-state index < -0.39 is 23.8 Å². The lowest BCUT2D eigenvalue weighted by Gasteiger charge is -2.13. The number of anilines is 2. The minimum absolute atomic E-state index is 0.0784. The Morgan fingerprint density at radius 2 is 0.947 bits per heavy atom. The normalized spacial score (nSPS) is 10.4. The molecule has 0 aliphatic rings. The highest BCUT2D eigenvalue weighted by atomic mass is 16.4. The minimum Gasteiger partial charge on any atom is -0.508 e. The van der Waals surface area contributed by atoms with Crippen LogP contribution in [0.3, 0.4) is 0 Å². The fraction of sp³-hybridized carbons (Fsp3) is 0. The van der Waals surface area contributed by atoms with Gasteiger partial charge >= 0.3 is 11.9 Å². The van der Waals surface area contributed by atoms with Gasteiger partial charge in [-0.25, -0.2) is 9.59 Å². The number of carbonyl (C=O) groups excluding carboxylic acids is 2. The van der Waals surface area contributed by atoms with Gasteiger partial charge in [-0.15, -0.1) is 0 Å². The van der Waals surface area contributed by atoms with E-state index in [1.807, 2.05) is 0 Å². The van der Waals surface area contributed by atoms with E-state index in [4.69, 9.17) is 0 Å². The van der Waals surface area contributed by atoms with Crippen molar-refractivity contribution in [2.75, 3.05) is 10.6 Å². The number of hydrogen-bond donors (Lipinski definition) is 6. The van der Waals surface area contributed by atoms with E-state index in [-0.39, 0.29) is 45.1 Å². The Morgan fingerprint density at radius 1 is 0.500 bits per heavy atom. The first kappa shape index (κ1) is 25.5. The zero-order chi connectivity index (χ0) is 27.4. The van der Waals surface area contributed by atoms with Gasteiger partial charge in [-0.2, -0.15) is 0 Å². The number of benzene rings is 4. The largest absolute Gasteiger partial charge is 0.508 e. The highest BCUT2D eigenvalue weighted by Crippen LogP contribution is 2.27. The Bertz CT molecular complexity index is 1600. The number of nitrogens with one attached hydrogen (secondary N) is 2. The van der Waals surface area contributed by atoms with E-state index >= 15 is 0 Å². The molecule has 0 fully saturated rings. The van der Waals surface area contributed by atoms with Gasteiger partial charge < -0.3 is 31.1 Å². The summed E-state index contributed by atoms with van der Waals surface area (Å²) in [7, 11) is 0. The lowest BCUT2D eigenvalue weighted by Crippen LogP contribution is -2.17. The second-order valence-corrected chi connectivity index (χ2v) is 8.14.